The normalized spacial score (nSPS) is 10.4. The number of nitrogens with one attached hydrogen (secondary N) is 1. The molecule has 104 valence electrons. The molecule has 0 aliphatic carbocycles. The van der Waals surface area contributed by atoms with Gasteiger partial charge >= 0.3 is 6.61 Å². The molecule has 0 aliphatic heterocycles. The smallest absolute Gasteiger partial charge is 0.387 e. The molecule has 1 heterocycles. The molecular weight excluding hydrogens is 334 g/mol. The first-order valence-electron chi connectivity index (χ1n) is 5.53. The van der Waals surface area contributed by atoms with Gasteiger partial charge in [0.05, 0.1) is 0 Å². The van der Waals surface area contributed by atoms with E-state index in [0.717, 1.165) is 0 Å². The zero-order valence-corrected chi connectivity index (χ0v) is 11.6. The Labute approximate surface area is 121 Å². The van der Waals surface area contributed by atoms with Gasteiger partial charge in [-0.15, -0.1) is 0 Å². The lowest BCUT2D eigenvalue weighted by Crippen LogP contribution is -2.13. The topological polar surface area (TPSA) is 51.2 Å². The lowest BCUT2D eigenvalue weighted by atomic mass is 10.3. The number of aromatic nitrogens is 1. The third-order valence-corrected chi connectivity index (χ3v) is 2.73. The predicted octanol–water partition coefficient (Wildman–Crippen LogP) is 3.70. The highest BCUT2D eigenvalue weighted by Gasteiger charge is 2.09. The standard InChI is InChI=1S/C13H9BrF2N2O2/c14-11-3-1-2-10(18-11)12(19)17-8-4-6-9(7-5-8)20-13(15)16/h1-7,13H,(H,17,19). The minimum atomic E-state index is -2.87. The fourth-order valence-electron chi connectivity index (χ4n) is 1.45. The molecule has 0 bridgehead atoms. The number of amides is 1. The van der Waals surface area contributed by atoms with Gasteiger partial charge in [-0.05, 0) is 52.3 Å². The second-order valence-electron chi connectivity index (χ2n) is 3.70. The van der Waals surface area contributed by atoms with Crippen LogP contribution in [0.25, 0.3) is 0 Å². The largest absolute Gasteiger partial charge is 0.435 e. The number of carbonyl (C=O) groups excluding carboxylic acids is 1. The van der Waals surface area contributed by atoms with Gasteiger partial charge in [-0.3, -0.25) is 4.79 Å². The maximum atomic E-state index is 12.0. The van der Waals surface area contributed by atoms with Crippen molar-refractivity contribution in [1.82, 2.24) is 4.98 Å². The quantitative estimate of drug-likeness (QED) is 0.862. The summed E-state index contributed by atoms with van der Waals surface area (Å²) < 4.78 is 28.7. The number of ether oxygens (including phenoxy) is 1. The van der Waals surface area contributed by atoms with Gasteiger partial charge in [0.2, 0.25) is 0 Å². The van der Waals surface area contributed by atoms with Crippen molar-refractivity contribution in [2.24, 2.45) is 0 Å². The molecule has 1 aromatic carbocycles. The van der Waals surface area contributed by atoms with E-state index in [2.05, 4.69) is 31.0 Å². The van der Waals surface area contributed by atoms with Gasteiger partial charge < -0.3 is 10.1 Å². The molecule has 1 N–H and O–H groups in total. The Kier molecular flexibility index (Phi) is 4.62. The number of carbonyl (C=O) groups is 1. The molecular formula is C13H9BrF2N2O2. The fraction of sp³-hybridized carbons (Fsp3) is 0.0769. The Hall–Kier alpha value is -2.02. The molecule has 0 fully saturated rings. The Balaban J connectivity index is 2.04. The first-order valence-corrected chi connectivity index (χ1v) is 6.32. The van der Waals surface area contributed by atoms with Crippen molar-refractivity contribution in [1.29, 1.82) is 0 Å². The van der Waals surface area contributed by atoms with Crippen LogP contribution in [0.1, 0.15) is 10.5 Å². The van der Waals surface area contributed by atoms with Crippen molar-refractivity contribution in [3.8, 4) is 5.75 Å². The van der Waals surface area contributed by atoms with Crippen molar-refractivity contribution < 1.29 is 18.3 Å². The maximum absolute atomic E-state index is 12.0. The number of hydrogen-bond acceptors (Lipinski definition) is 3. The van der Waals surface area contributed by atoms with Gasteiger partial charge in [-0.25, -0.2) is 4.98 Å². The van der Waals surface area contributed by atoms with Crippen molar-refractivity contribution >= 4 is 27.5 Å². The number of alkyl halides is 2. The van der Waals surface area contributed by atoms with Gasteiger partial charge in [0.25, 0.3) is 5.91 Å². The Morgan fingerprint density at radius 2 is 1.90 bits per heavy atom. The van der Waals surface area contributed by atoms with Gasteiger partial charge in [0, 0.05) is 5.69 Å². The number of nitrogens with zero attached hydrogens (tertiary/aromatic N) is 1. The molecule has 0 radical (unpaired) electrons. The second-order valence-corrected chi connectivity index (χ2v) is 4.52. The first-order chi connectivity index (χ1) is 9.54. The van der Waals surface area contributed by atoms with Crippen molar-refractivity contribution in [3.63, 3.8) is 0 Å². The zero-order chi connectivity index (χ0) is 14.5. The third-order valence-electron chi connectivity index (χ3n) is 2.29. The van der Waals surface area contributed by atoms with E-state index in [-0.39, 0.29) is 11.4 Å². The molecule has 0 unspecified atom stereocenters. The lowest BCUT2D eigenvalue weighted by molar-refractivity contribution is -0.0498. The SMILES string of the molecule is O=C(Nc1ccc(OC(F)F)cc1)c1cccc(Br)n1. The average molecular weight is 343 g/mol. The average Bonchev–Trinajstić information content (AvgIpc) is 2.40. The molecule has 1 aromatic heterocycles. The van der Waals surface area contributed by atoms with E-state index in [0.29, 0.717) is 10.3 Å². The maximum Gasteiger partial charge on any atom is 0.387 e. The van der Waals surface area contributed by atoms with Gasteiger partial charge in [0.1, 0.15) is 16.0 Å². The summed E-state index contributed by atoms with van der Waals surface area (Å²) in [5.74, 6) is -0.368. The molecule has 7 heteroatoms. The first kappa shape index (κ1) is 14.4. The van der Waals surface area contributed by atoms with Crippen LogP contribution in [-0.2, 0) is 0 Å². The number of anilines is 1. The molecule has 4 nitrogen and oxygen atoms in total. The van der Waals surface area contributed by atoms with E-state index < -0.39 is 12.5 Å². The molecule has 2 aromatic rings. The Morgan fingerprint density at radius 3 is 2.50 bits per heavy atom. The minimum absolute atomic E-state index is 0.0265. The summed E-state index contributed by atoms with van der Waals surface area (Å²) in [6.07, 6.45) is 0. The number of pyridine rings is 1. The Morgan fingerprint density at radius 1 is 1.20 bits per heavy atom. The molecule has 1 amide bonds. The lowest BCUT2D eigenvalue weighted by Gasteiger charge is -2.07. The highest BCUT2D eigenvalue weighted by molar-refractivity contribution is 9.10. The highest BCUT2D eigenvalue weighted by Crippen LogP contribution is 2.18. The van der Waals surface area contributed by atoms with Gasteiger partial charge in [-0.2, -0.15) is 8.78 Å². The molecule has 0 spiro atoms. The minimum Gasteiger partial charge on any atom is -0.435 e. The molecule has 2 rings (SSSR count). The molecule has 20 heavy (non-hydrogen) atoms. The zero-order valence-electron chi connectivity index (χ0n) is 10.0. The van der Waals surface area contributed by atoms with Crippen molar-refractivity contribution in [2.45, 2.75) is 6.61 Å². The van der Waals surface area contributed by atoms with Crippen LogP contribution in [0.5, 0.6) is 5.75 Å². The van der Waals surface area contributed by atoms with E-state index in [4.69, 9.17) is 0 Å². The van der Waals surface area contributed by atoms with E-state index in [1.165, 1.54) is 24.3 Å². The number of benzene rings is 1. The van der Waals surface area contributed by atoms with Crippen LogP contribution in [0.3, 0.4) is 0 Å². The number of halogens is 3. The molecule has 0 saturated carbocycles. The summed E-state index contributed by atoms with van der Waals surface area (Å²) in [4.78, 5) is 15.9. The third kappa shape index (κ3) is 3.99. The molecule has 0 saturated heterocycles. The van der Waals surface area contributed by atoms with Crippen LogP contribution in [0.2, 0.25) is 0 Å². The number of hydrogen-bond donors (Lipinski definition) is 1. The van der Waals surface area contributed by atoms with Crippen LogP contribution in [0.4, 0.5) is 14.5 Å². The summed E-state index contributed by atoms with van der Waals surface area (Å²) in [5, 5.41) is 2.60. The summed E-state index contributed by atoms with van der Waals surface area (Å²) >= 11 is 3.17. The van der Waals surface area contributed by atoms with E-state index >= 15 is 0 Å². The van der Waals surface area contributed by atoms with Crippen molar-refractivity contribution in [3.05, 3.63) is 52.8 Å². The summed E-state index contributed by atoms with van der Waals surface area (Å²) in [6, 6.07) is 10.6. The molecule has 0 atom stereocenters. The van der Waals surface area contributed by atoms with Gasteiger partial charge in [0.15, 0.2) is 0 Å². The van der Waals surface area contributed by atoms with E-state index in [1.54, 1.807) is 18.2 Å². The second kappa shape index (κ2) is 6.42. The van der Waals surface area contributed by atoms with Crippen LogP contribution in [-0.4, -0.2) is 17.5 Å². The highest BCUT2D eigenvalue weighted by atomic mass is 79.9. The molecule has 0 aliphatic rings. The summed E-state index contributed by atoms with van der Waals surface area (Å²) in [7, 11) is 0. The monoisotopic (exact) mass is 342 g/mol. The summed E-state index contributed by atoms with van der Waals surface area (Å²) in [5.41, 5.74) is 0.700. The van der Waals surface area contributed by atoms with E-state index in [9.17, 15) is 13.6 Å². The predicted molar refractivity (Wildman–Crippen MR) is 73.0 cm³/mol. The van der Waals surface area contributed by atoms with E-state index in [1.807, 2.05) is 0 Å². The van der Waals surface area contributed by atoms with Crippen LogP contribution < -0.4 is 10.1 Å². The van der Waals surface area contributed by atoms with Crippen molar-refractivity contribution in [2.75, 3.05) is 5.32 Å². The van der Waals surface area contributed by atoms with Crippen LogP contribution in [0, 0.1) is 0 Å². The van der Waals surface area contributed by atoms with Crippen LogP contribution >= 0.6 is 15.9 Å². The summed E-state index contributed by atoms with van der Waals surface area (Å²) in [6.45, 7) is -2.87. The van der Waals surface area contributed by atoms with Crippen LogP contribution in [0.15, 0.2) is 47.1 Å². The number of rotatable bonds is 4. The Bertz CT molecular complexity index is 606. The fourth-order valence-corrected chi connectivity index (χ4v) is 1.79. The van der Waals surface area contributed by atoms with Gasteiger partial charge in [-0.1, -0.05) is 6.07 Å².